The van der Waals surface area contributed by atoms with Crippen molar-refractivity contribution in [2.24, 2.45) is 0 Å². The Labute approximate surface area is 197 Å². The zero-order chi connectivity index (χ0) is 22.7. The van der Waals surface area contributed by atoms with Crippen molar-refractivity contribution in [1.82, 2.24) is 14.8 Å². The molecule has 1 unspecified atom stereocenters. The van der Waals surface area contributed by atoms with Crippen LogP contribution in [0, 0.1) is 0 Å². The number of methoxy groups -OCH3 is 3. The van der Waals surface area contributed by atoms with E-state index in [0.29, 0.717) is 22.2 Å². The Morgan fingerprint density at radius 1 is 1.09 bits per heavy atom. The van der Waals surface area contributed by atoms with Crippen LogP contribution < -0.4 is 9.47 Å². The summed E-state index contributed by atoms with van der Waals surface area (Å²) in [6.07, 6.45) is 2.82. The molecule has 0 radical (unpaired) electrons. The molecule has 2 aromatic heterocycles. The number of ketones is 1. The highest BCUT2D eigenvalue weighted by Crippen LogP contribution is 2.39. The minimum Gasteiger partial charge on any atom is -0.495 e. The van der Waals surface area contributed by atoms with Crippen molar-refractivity contribution in [3.05, 3.63) is 75.3 Å². The first-order chi connectivity index (χ1) is 15.5. The van der Waals surface area contributed by atoms with Crippen LogP contribution in [0.1, 0.15) is 21.5 Å². The lowest BCUT2D eigenvalue weighted by Gasteiger charge is -2.14. The lowest BCUT2D eigenvalue weighted by atomic mass is 10.1. The predicted molar refractivity (Wildman–Crippen MR) is 126 cm³/mol. The molecule has 7 nitrogen and oxygen atoms in total. The van der Waals surface area contributed by atoms with Gasteiger partial charge >= 0.3 is 0 Å². The van der Waals surface area contributed by atoms with E-state index in [1.165, 1.54) is 18.4 Å². The van der Waals surface area contributed by atoms with E-state index in [0.717, 1.165) is 21.3 Å². The summed E-state index contributed by atoms with van der Waals surface area (Å²) in [6.45, 7) is 0. The molecule has 0 aliphatic heterocycles. The highest BCUT2D eigenvalue weighted by atomic mass is 79.9. The molecular weight excluding hydrogens is 494 g/mol. The lowest BCUT2D eigenvalue weighted by molar-refractivity contribution is 0.0604. The smallest absolute Gasteiger partial charge is 0.224 e. The quantitative estimate of drug-likeness (QED) is 0.296. The molecular formula is C23H20BrN3O4S. The van der Waals surface area contributed by atoms with Gasteiger partial charge in [-0.25, -0.2) is 9.67 Å². The standard InChI is InChI=1S/C23H20BrN3O4S/c1-29-18-11-15(12-19(30-2)20(18)24)17-13-32-23(26-17)21(28)22(31-3)14-5-7-16(8-6-14)27-10-4-9-25-27/h4-13,22H,1-3H3. The number of carbonyl (C=O) groups is 1. The molecule has 9 heteroatoms. The van der Waals surface area contributed by atoms with Crippen LogP contribution in [-0.4, -0.2) is 41.9 Å². The number of aromatic nitrogens is 3. The van der Waals surface area contributed by atoms with Crippen LogP contribution in [0.25, 0.3) is 16.9 Å². The van der Waals surface area contributed by atoms with E-state index in [9.17, 15) is 4.79 Å². The molecule has 4 aromatic rings. The van der Waals surface area contributed by atoms with Crippen molar-refractivity contribution < 1.29 is 19.0 Å². The Kier molecular flexibility index (Phi) is 6.69. The maximum atomic E-state index is 13.2. The predicted octanol–water partition coefficient (Wildman–Crippen LogP) is 5.35. The van der Waals surface area contributed by atoms with E-state index in [4.69, 9.17) is 14.2 Å². The van der Waals surface area contributed by atoms with Gasteiger partial charge in [0.15, 0.2) is 5.01 Å². The summed E-state index contributed by atoms with van der Waals surface area (Å²) in [5.74, 6) is 1.03. The van der Waals surface area contributed by atoms with Crippen LogP contribution in [-0.2, 0) is 4.74 Å². The van der Waals surface area contributed by atoms with Gasteiger partial charge in [0.25, 0.3) is 0 Å². The third-order valence-electron chi connectivity index (χ3n) is 4.90. The highest BCUT2D eigenvalue weighted by molar-refractivity contribution is 9.10. The Morgan fingerprint density at radius 2 is 1.78 bits per heavy atom. The molecule has 0 saturated heterocycles. The number of benzene rings is 2. The van der Waals surface area contributed by atoms with Crippen molar-refractivity contribution in [2.45, 2.75) is 6.10 Å². The van der Waals surface area contributed by atoms with E-state index < -0.39 is 6.10 Å². The SMILES string of the molecule is COc1cc(-c2csc(C(=O)C(OC)c3ccc(-n4cccn4)cc3)n2)cc(OC)c1Br. The van der Waals surface area contributed by atoms with Crippen LogP contribution in [0.15, 0.2) is 64.7 Å². The van der Waals surface area contributed by atoms with Crippen molar-refractivity contribution in [1.29, 1.82) is 0 Å². The van der Waals surface area contributed by atoms with Gasteiger partial charge in [0, 0.05) is 30.4 Å². The first-order valence-electron chi connectivity index (χ1n) is 9.60. The van der Waals surface area contributed by atoms with Gasteiger partial charge in [-0.1, -0.05) is 12.1 Å². The molecule has 0 spiro atoms. The molecule has 0 saturated carbocycles. The number of nitrogens with zero attached hydrogens (tertiary/aromatic N) is 3. The number of halogens is 1. The summed E-state index contributed by atoms with van der Waals surface area (Å²) >= 11 is 4.74. The molecule has 2 heterocycles. The average molecular weight is 514 g/mol. The zero-order valence-electron chi connectivity index (χ0n) is 17.6. The van der Waals surface area contributed by atoms with Crippen molar-refractivity contribution >= 4 is 33.0 Å². The Hall–Kier alpha value is -3.01. The molecule has 0 aliphatic rings. The lowest BCUT2D eigenvalue weighted by Crippen LogP contribution is -2.15. The summed E-state index contributed by atoms with van der Waals surface area (Å²) in [4.78, 5) is 17.7. The fourth-order valence-electron chi connectivity index (χ4n) is 3.27. The molecule has 4 rings (SSSR count). The Bertz CT molecular complexity index is 1200. The first kappa shape index (κ1) is 22.2. The minimum atomic E-state index is -0.755. The maximum Gasteiger partial charge on any atom is 0.224 e. The molecule has 1 atom stereocenters. The summed E-state index contributed by atoms with van der Waals surface area (Å²) in [7, 11) is 4.68. The van der Waals surface area contributed by atoms with Gasteiger partial charge in [0.1, 0.15) is 22.1 Å². The Balaban J connectivity index is 1.60. The molecule has 0 bridgehead atoms. The van der Waals surface area contributed by atoms with Crippen LogP contribution >= 0.6 is 27.3 Å². The number of Topliss-reactive ketones (excluding diaryl/α,β-unsaturated/α-hetero) is 1. The third kappa shape index (κ3) is 4.32. The van der Waals surface area contributed by atoms with E-state index in [1.807, 2.05) is 54.0 Å². The normalized spacial score (nSPS) is 11.9. The summed E-state index contributed by atoms with van der Waals surface area (Å²) < 4.78 is 18.8. The van der Waals surface area contributed by atoms with Gasteiger partial charge in [0.05, 0.1) is 25.6 Å². The number of hydrogen-bond acceptors (Lipinski definition) is 7. The molecule has 0 aliphatic carbocycles. The first-order valence-corrected chi connectivity index (χ1v) is 11.3. The van der Waals surface area contributed by atoms with Crippen molar-refractivity contribution in [3.8, 4) is 28.4 Å². The molecule has 0 fully saturated rings. The molecule has 0 N–H and O–H groups in total. The highest BCUT2D eigenvalue weighted by Gasteiger charge is 2.25. The van der Waals surface area contributed by atoms with Gasteiger partial charge in [-0.2, -0.15) is 5.10 Å². The number of ether oxygens (including phenoxy) is 3. The third-order valence-corrected chi connectivity index (χ3v) is 6.53. The van der Waals surface area contributed by atoms with E-state index in [2.05, 4.69) is 26.0 Å². The molecule has 32 heavy (non-hydrogen) atoms. The van der Waals surface area contributed by atoms with E-state index in [-0.39, 0.29) is 5.78 Å². The number of thiazole rings is 1. The fourth-order valence-corrected chi connectivity index (χ4v) is 4.61. The van der Waals surface area contributed by atoms with E-state index >= 15 is 0 Å². The number of carbonyl (C=O) groups excluding carboxylic acids is 1. The monoisotopic (exact) mass is 513 g/mol. The Morgan fingerprint density at radius 3 is 2.34 bits per heavy atom. The summed E-state index contributed by atoms with van der Waals surface area (Å²) in [5, 5.41) is 6.42. The van der Waals surface area contributed by atoms with Gasteiger partial charge in [0.2, 0.25) is 5.78 Å². The number of rotatable bonds is 8. The second-order valence-corrected chi connectivity index (χ2v) is 8.41. The van der Waals surface area contributed by atoms with Crippen LogP contribution in [0.3, 0.4) is 0 Å². The summed E-state index contributed by atoms with van der Waals surface area (Å²) in [5.41, 5.74) is 3.09. The largest absolute Gasteiger partial charge is 0.495 e. The fraction of sp³-hybridized carbons (Fsp3) is 0.174. The average Bonchev–Trinajstić information content (AvgIpc) is 3.53. The molecule has 164 valence electrons. The van der Waals surface area contributed by atoms with Crippen LogP contribution in [0.5, 0.6) is 11.5 Å². The van der Waals surface area contributed by atoms with Gasteiger partial charge in [-0.05, 0) is 51.8 Å². The van der Waals surface area contributed by atoms with Crippen molar-refractivity contribution in [2.75, 3.05) is 21.3 Å². The van der Waals surface area contributed by atoms with Gasteiger partial charge in [-0.3, -0.25) is 4.79 Å². The molecule has 2 aromatic carbocycles. The second-order valence-electron chi connectivity index (χ2n) is 6.75. The zero-order valence-corrected chi connectivity index (χ0v) is 20.0. The number of hydrogen-bond donors (Lipinski definition) is 0. The minimum absolute atomic E-state index is 0.202. The molecule has 0 amide bonds. The van der Waals surface area contributed by atoms with E-state index in [1.54, 1.807) is 25.1 Å². The maximum absolute atomic E-state index is 13.2. The summed E-state index contributed by atoms with van der Waals surface area (Å²) in [6, 6.07) is 13.1. The van der Waals surface area contributed by atoms with Crippen molar-refractivity contribution in [3.63, 3.8) is 0 Å². The van der Waals surface area contributed by atoms with Crippen LogP contribution in [0.4, 0.5) is 0 Å². The van der Waals surface area contributed by atoms with Gasteiger partial charge in [-0.15, -0.1) is 11.3 Å². The topological polar surface area (TPSA) is 75.5 Å². The van der Waals surface area contributed by atoms with Crippen LogP contribution in [0.2, 0.25) is 0 Å². The second kappa shape index (κ2) is 9.64. The van der Waals surface area contributed by atoms with Gasteiger partial charge < -0.3 is 14.2 Å².